The molecule has 0 N–H and O–H groups in total. The maximum Gasteiger partial charge on any atom is 0.158 e. The first-order valence-corrected chi connectivity index (χ1v) is 7.64. The summed E-state index contributed by atoms with van der Waals surface area (Å²) in [5, 5.41) is 6.12. The number of nitrogens with zero attached hydrogens (tertiary/aromatic N) is 2. The molecule has 2 aromatic rings. The molecule has 0 spiro atoms. The van der Waals surface area contributed by atoms with Crippen molar-refractivity contribution < 1.29 is 14.3 Å². The summed E-state index contributed by atoms with van der Waals surface area (Å²) in [6, 6.07) is 7.89. The quantitative estimate of drug-likeness (QED) is 0.770. The van der Waals surface area contributed by atoms with Crippen LogP contribution in [0.15, 0.2) is 40.3 Å². The Morgan fingerprint density at radius 3 is 3.14 bits per heavy atom. The molecule has 0 saturated carbocycles. The lowest BCUT2D eigenvalue weighted by Gasteiger charge is -2.11. The lowest BCUT2D eigenvalue weighted by molar-refractivity contribution is 0.0853. The van der Waals surface area contributed by atoms with E-state index in [1.54, 1.807) is 24.0 Å². The second-order valence-electron chi connectivity index (χ2n) is 4.62. The minimum Gasteiger partial charge on any atom is -0.491 e. The van der Waals surface area contributed by atoms with Gasteiger partial charge in [-0.05, 0) is 17.7 Å². The van der Waals surface area contributed by atoms with Crippen molar-refractivity contribution in [3.63, 3.8) is 0 Å². The molecular formula is C15H16N2O3S. The van der Waals surface area contributed by atoms with Crippen molar-refractivity contribution in [3.05, 3.63) is 46.4 Å². The monoisotopic (exact) mass is 304 g/mol. The number of thiazole rings is 1. The Hall–Kier alpha value is -1.92. The molecule has 0 radical (unpaired) electrons. The molecule has 0 amide bonds. The molecule has 1 atom stereocenters. The van der Waals surface area contributed by atoms with E-state index in [0.29, 0.717) is 13.2 Å². The van der Waals surface area contributed by atoms with E-state index >= 15 is 0 Å². The summed E-state index contributed by atoms with van der Waals surface area (Å²) in [7, 11) is 1.66. The van der Waals surface area contributed by atoms with Crippen LogP contribution in [0.5, 0.6) is 5.75 Å². The molecule has 2 heterocycles. The van der Waals surface area contributed by atoms with Crippen LogP contribution in [0.3, 0.4) is 0 Å². The predicted molar refractivity (Wildman–Crippen MR) is 80.9 cm³/mol. The van der Waals surface area contributed by atoms with Gasteiger partial charge in [-0.3, -0.25) is 0 Å². The first kappa shape index (κ1) is 14.0. The third-order valence-electron chi connectivity index (χ3n) is 3.18. The molecule has 5 nitrogen and oxygen atoms in total. The van der Waals surface area contributed by atoms with Gasteiger partial charge in [-0.25, -0.2) is 4.98 Å². The average molecular weight is 304 g/mol. The number of ether oxygens (including phenoxy) is 2. The Morgan fingerprint density at radius 1 is 1.38 bits per heavy atom. The second kappa shape index (κ2) is 6.69. The molecule has 21 heavy (non-hydrogen) atoms. The van der Waals surface area contributed by atoms with Crippen LogP contribution in [0.1, 0.15) is 23.8 Å². The van der Waals surface area contributed by atoms with Crippen LogP contribution >= 0.6 is 11.3 Å². The molecule has 3 rings (SSSR count). The van der Waals surface area contributed by atoms with Crippen molar-refractivity contribution in [2.24, 2.45) is 5.16 Å². The Labute approximate surface area is 127 Å². The smallest absolute Gasteiger partial charge is 0.158 e. The molecule has 6 heteroatoms. The molecule has 1 aromatic carbocycles. The zero-order valence-corrected chi connectivity index (χ0v) is 12.5. The minimum atomic E-state index is -0.0762. The molecule has 110 valence electrons. The fourth-order valence-corrected chi connectivity index (χ4v) is 2.67. The van der Waals surface area contributed by atoms with E-state index in [9.17, 15) is 0 Å². The summed E-state index contributed by atoms with van der Waals surface area (Å²) < 4.78 is 10.6. The zero-order valence-electron chi connectivity index (χ0n) is 11.7. The van der Waals surface area contributed by atoms with Crippen LogP contribution in [0.2, 0.25) is 0 Å². The van der Waals surface area contributed by atoms with Gasteiger partial charge in [0.25, 0.3) is 0 Å². The van der Waals surface area contributed by atoms with Crippen LogP contribution in [0, 0.1) is 0 Å². The normalized spacial score (nSPS) is 17.4. The predicted octanol–water partition coefficient (Wildman–Crippen LogP) is 3.03. The number of methoxy groups -OCH3 is 1. The highest BCUT2D eigenvalue weighted by molar-refractivity contribution is 7.07. The van der Waals surface area contributed by atoms with Gasteiger partial charge in [0.05, 0.1) is 17.8 Å². The summed E-state index contributed by atoms with van der Waals surface area (Å²) in [4.78, 5) is 9.79. The molecule has 1 unspecified atom stereocenters. The van der Waals surface area contributed by atoms with Crippen molar-refractivity contribution in [1.82, 2.24) is 4.98 Å². The van der Waals surface area contributed by atoms with Crippen molar-refractivity contribution in [2.75, 3.05) is 20.3 Å². The topological polar surface area (TPSA) is 52.9 Å². The largest absolute Gasteiger partial charge is 0.491 e. The second-order valence-corrected chi connectivity index (χ2v) is 5.34. The lowest BCUT2D eigenvalue weighted by atomic mass is 10.0. The molecule has 1 aliphatic rings. The van der Waals surface area contributed by atoms with Crippen LogP contribution in [-0.4, -0.2) is 31.0 Å². The standard InChI is InChI=1S/C15H16N2O3S/c1-18-5-6-19-12-4-2-3-11(7-12)15-8-13(17-20-15)14-9-21-10-16-14/h2-4,7,9-10,15H,5-6,8H2,1H3. The van der Waals surface area contributed by atoms with Gasteiger partial charge in [0.1, 0.15) is 18.1 Å². The Morgan fingerprint density at radius 2 is 2.33 bits per heavy atom. The van der Waals surface area contributed by atoms with Gasteiger partial charge < -0.3 is 14.3 Å². The molecule has 1 aromatic heterocycles. The van der Waals surface area contributed by atoms with Gasteiger partial charge >= 0.3 is 0 Å². The summed E-state index contributed by atoms with van der Waals surface area (Å²) in [6.07, 6.45) is 0.651. The van der Waals surface area contributed by atoms with E-state index in [2.05, 4.69) is 10.1 Å². The molecule has 0 aliphatic carbocycles. The van der Waals surface area contributed by atoms with E-state index in [1.165, 1.54) is 0 Å². The van der Waals surface area contributed by atoms with E-state index in [1.807, 2.05) is 29.6 Å². The summed E-state index contributed by atoms with van der Waals surface area (Å²) in [5.74, 6) is 0.815. The van der Waals surface area contributed by atoms with Crippen LogP contribution < -0.4 is 4.74 Å². The minimum absolute atomic E-state index is 0.0762. The third-order valence-corrected chi connectivity index (χ3v) is 3.77. The number of hydrogen-bond acceptors (Lipinski definition) is 6. The van der Waals surface area contributed by atoms with Crippen molar-refractivity contribution in [3.8, 4) is 5.75 Å². The van der Waals surface area contributed by atoms with E-state index in [-0.39, 0.29) is 6.10 Å². The number of rotatable bonds is 6. The average Bonchev–Trinajstić information content (AvgIpc) is 3.19. The van der Waals surface area contributed by atoms with Crippen molar-refractivity contribution >= 4 is 17.0 Å². The summed E-state index contributed by atoms with van der Waals surface area (Å²) in [6.45, 7) is 1.10. The van der Waals surface area contributed by atoms with E-state index in [0.717, 1.165) is 29.1 Å². The van der Waals surface area contributed by atoms with Crippen LogP contribution in [0.25, 0.3) is 0 Å². The van der Waals surface area contributed by atoms with E-state index < -0.39 is 0 Å². The highest BCUT2D eigenvalue weighted by Gasteiger charge is 2.25. The lowest BCUT2D eigenvalue weighted by Crippen LogP contribution is -2.05. The molecule has 1 aliphatic heterocycles. The molecule has 0 fully saturated rings. The van der Waals surface area contributed by atoms with Gasteiger partial charge in [0.15, 0.2) is 6.10 Å². The van der Waals surface area contributed by atoms with Gasteiger partial charge in [0, 0.05) is 18.9 Å². The van der Waals surface area contributed by atoms with E-state index in [4.69, 9.17) is 14.3 Å². The number of benzene rings is 1. The zero-order chi connectivity index (χ0) is 14.5. The maximum absolute atomic E-state index is 5.62. The first-order chi connectivity index (χ1) is 10.4. The maximum atomic E-state index is 5.62. The fourth-order valence-electron chi connectivity index (χ4n) is 2.11. The number of oxime groups is 1. The van der Waals surface area contributed by atoms with Gasteiger partial charge in [0.2, 0.25) is 0 Å². The van der Waals surface area contributed by atoms with Gasteiger partial charge in [-0.15, -0.1) is 11.3 Å². The van der Waals surface area contributed by atoms with Gasteiger partial charge in [-0.2, -0.15) is 0 Å². The highest BCUT2D eigenvalue weighted by Crippen LogP contribution is 2.31. The molecule has 0 saturated heterocycles. The van der Waals surface area contributed by atoms with Crippen LogP contribution in [-0.2, 0) is 9.57 Å². The highest BCUT2D eigenvalue weighted by atomic mass is 32.1. The first-order valence-electron chi connectivity index (χ1n) is 6.70. The molecule has 0 bridgehead atoms. The Kier molecular flexibility index (Phi) is 4.47. The SMILES string of the molecule is COCCOc1cccc(C2CC(c3cscn3)=NO2)c1. The molecular weight excluding hydrogens is 288 g/mol. The fraction of sp³-hybridized carbons (Fsp3) is 0.333. The van der Waals surface area contributed by atoms with Crippen molar-refractivity contribution in [1.29, 1.82) is 0 Å². The van der Waals surface area contributed by atoms with Crippen molar-refractivity contribution in [2.45, 2.75) is 12.5 Å². The summed E-state index contributed by atoms with van der Waals surface area (Å²) >= 11 is 1.56. The Balaban J connectivity index is 1.64. The number of hydrogen-bond donors (Lipinski definition) is 0. The third kappa shape index (κ3) is 3.40. The van der Waals surface area contributed by atoms with Gasteiger partial charge in [-0.1, -0.05) is 17.3 Å². The van der Waals surface area contributed by atoms with Crippen LogP contribution in [0.4, 0.5) is 0 Å². The number of aromatic nitrogens is 1. The summed E-state index contributed by atoms with van der Waals surface area (Å²) in [5.41, 5.74) is 4.65. The Bertz CT molecular complexity index is 613.